The molecule has 7 nitrogen and oxygen atoms in total. The van der Waals surface area contributed by atoms with Crippen molar-refractivity contribution in [2.45, 2.75) is 64.0 Å². The smallest absolute Gasteiger partial charge is 0.253 e. The first-order chi connectivity index (χ1) is 14.2. The van der Waals surface area contributed by atoms with E-state index in [9.17, 15) is 4.79 Å². The van der Waals surface area contributed by atoms with Crippen LogP contribution in [0.5, 0.6) is 0 Å². The Morgan fingerprint density at radius 2 is 1.93 bits per heavy atom. The van der Waals surface area contributed by atoms with Gasteiger partial charge in [0.15, 0.2) is 5.82 Å². The highest BCUT2D eigenvalue weighted by atomic mass is 16.1. The Morgan fingerprint density at radius 1 is 1.14 bits per heavy atom. The van der Waals surface area contributed by atoms with Crippen molar-refractivity contribution in [2.75, 3.05) is 13.1 Å². The molecule has 1 aliphatic heterocycles. The third kappa shape index (κ3) is 3.37. The van der Waals surface area contributed by atoms with Gasteiger partial charge in [-0.1, -0.05) is 25.8 Å². The Labute approximate surface area is 170 Å². The Bertz CT molecular complexity index is 1060. The van der Waals surface area contributed by atoms with Crippen LogP contribution in [0.15, 0.2) is 29.1 Å². The van der Waals surface area contributed by atoms with Crippen molar-refractivity contribution < 1.29 is 0 Å². The molecule has 2 aromatic heterocycles. The van der Waals surface area contributed by atoms with Crippen molar-refractivity contribution in [3.05, 3.63) is 51.6 Å². The predicted octanol–water partition coefficient (Wildman–Crippen LogP) is 3.38. The van der Waals surface area contributed by atoms with E-state index in [2.05, 4.69) is 50.5 Å². The van der Waals surface area contributed by atoms with Crippen molar-refractivity contribution >= 4 is 10.9 Å². The summed E-state index contributed by atoms with van der Waals surface area (Å²) in [5.74, 6) is 0.815. The minimum Gasteiger partial charge on any atom is -0.322 e. The van der Waals surface area contributed by atoms with Crippen molar-refractivity contribution in [2.24, 2.45) is 0 Å². The highest BCUT2D eigenvalue weighted by Gasteiger charge is 2.34. The summed E-state index contributed by atoms with van der Waals surface area (Å²) in [6.07, 6.45) is 7.92. The molecule has 29 heavy (non-hydrogen) atoms. The minimum atomic E-state index is -0.202. The number of pyridine rings is 1. The number of H-pyrrole nitrogens is 1. The van der Waals surface area contributed by atoms with Gasteiger partial charge in [0.25, 0.3) is 5.56 Å². The number of hydrogen-bond acceptors (Lipinski definition) is 5. The average molecular weight is 393 g/mol. The van der Waals surface area contributed by atoms with E-state index in [1.165, 1.54) is 18.4 Å². The molecule has 3 aromatic rings. The Hall–Kier alpha value is -2.54. The van der Waals surface area contributed by atoms with Gasteiger partial charge >= 0.3 is 0 Å². The lowest BCUT2D eigenvalue weighted by atomic mass is 10.0. The summed E-state index contributed by atoms with van der Waals surface area (Å²) in [4.78, 5) is 18.6. The van der Waals surface area contributed by atoms with Crippen LogP contribution in [0.25, 0.3) is 10.9 Å². The van der Waals surface area contributed by atoms with Crippen molar-refractivity contribution in [1.82, 2.24) is 30.1 Å². The van der Waals surface area contributed by atoms with Gasteiger partial charge in [-0.2, -0.15) is 0 Å². The summed E-state index contributed by atoms with van der Waals surface area (Å²) >= 11 is 0. The fraction of sp³-hybridized carbons (Fsp3) is 0.545. The summed E-state index contributed by atoms with van der Waals surface area (Å²) < 4.78 is 2.00. The molecule has 0 unspecified atom stereocenters. The fourth-order valence-electron chi connectivity index (χ4n) is 4.98. The molecule has 0 amide bonds. The lowest BCUT2D eigenvalue weighted by Crippen LogP contribution is -2.33. The number of rotatable bonds is 5. The summed E-state index contributed by atoms with van der Waals surface area (Å²) in [5.41, 5.74) is 2.86. The summed E-state index contributed by atoms with van der Waals surface area (Å²) in [5, 5.41) is 13.9. The Kier molecular flexibility index (Phi) is 4.91. The first-order valence-electron chi connectivity index (χ1n) is 10.9. The quantitative estimate of drug-likeness (QED) is 0.720. The van der Waals surface area contributed by atoms with Gasteiger partial charge in [-0.15, -0.1) is 5.10 Å². The number of nitrogens with one attached hydrogen (secondary N) is 1. The lowest BCUT2D eigenvalue weighted by molar-refractivity contribution is 0.256. The van der Waals surface area contributed by atoms with E-state index in [0.29, 0.717) is 6.04 Å². The largest absolute Gasteiger partial charge is 0.322 e. The first-order valence-corrected chi connectivity index (χ1v) is 10.9. The molecule has 2 fully saturated rings. The van der Waals surface area contributed by atoms with E-state index in [0.717, 1.165) is 67.5 Å². The molecular weight excluding hydrogens is 364 g/mol. The Morgan fingerprint density at radius 3 is 2.69 bits per heavy atom. The van der Waals surface area contributed by atoms with E-state index in [1.54, 1.807) is 0 Å². The van der Waals surface area contributed by atoms with E-state index in [1.807, 2.05) is 10.7 Å². The number of benzene rings is 1. The second kappa shape index (κ2) is 7.71. The summed E-state index contributed by atoms with van der Waals surface area (Å²) in [6.45, 7) is 4.08. The molecule has 1 saturated heterocycles. The molecule has 1 atom stereocenters. The fourth-order valence-corrected chi connectivity index (χ4v) is 4.98. The van der Waals surface area contributed by atoms with Crippen LogP contribution in [-0.4, -0.2) is 43.2 Å². The van der Waals surface area contributed by atoms with Gasteiger partial charge < -0.3 is 4.98 Å². The standard InChI is InChI=1S/C22H28N6O/c1-2-15-9-10-19-16(13-15)14-18(22(29)23-19)20(27-11-5-6-12-27)21-24-25-26-28(21)17-7-3-4-8-17/h9-10,13-14,17,20H,2-8,11-12H2,1H3,(H,23,29)/t20-/m0/s1. The zero-order chi connectivity index (χ0) is 19.8. The summed E-state index contributed by atoms with van der Waals surface area (Å²) in [6, 6.07) is 8.46. The summed E-state index contributed by atoms with van der Waals surface area (Å²) in [7, 11) is 0. The van der Waals surface area contributed by atoms with E-state index in [-0.39, 0.29) is 11.6 Å². The van der Waals surface area contributed by atoms with Crippen molar-refractivity contribution in [1.29, 1.82) is 0 Å². The van der Waals surface area contributed by atoms with Crippen LogP contribution < -0.4 is 5.56 Å². The van der Waals surface area contributed by atoms with Crippen molar-refractivity contribution in [3.8, 4) is 0 Å². The molecule has 2 aliphatic rings. The lowest BCUT2D eigenvalue weighted by Gasteiger charge is -2.27. The van der Waals surface area contributed by atoms with Crippen LogP contribution in [0.2, 0.25) is 0 Å². The third-order valence-corrected chi connectivity index (χ3v) is 6.58. The molecule has 0 bridgehead atoms. The number of aromatic nitrogens is 5. The maximum atomic E-state index is 13.2. The maximum absolute atomic E-state index is 13.2. The number of aromatic amines is 1. The molecule has 0 spiro atoms. The van der Waals surface area contributed by atoms with E-state index >= 15 is 0 Å². The van der Waals surface area contributed by atoms with Crippen LogP contribution in [-0.2, 0) is 6.42 Å². The number of fused-ring (bicyclic) bond motifs is 1. The third-order valence-electron chi connectivity index (χ3n) is 6.58. The number of nitrogens with zero attached hydrogens (tertiary/aromatic N) is 5. The monoisotopic (exact) mass is 392 g/mol. The SMILES string of the molecule is CCc1ccc2[nH]c(=O)c([C@@H](c3nnnn3C3CCCC3)N3CCCC3)cc2c1. The number of tetrazole rings is 1. The van der Waals surface area contributed by atoms with Crippen molar-refractivity contribution in [3.63, 3.8) is 0 Å². The molecule has 152 valence electrons. The maximum Gasteiger partial charge on any atom is 0.253 e. The molecule has 5 rings (SSSR count). The molecule has 1 aliphatic carbocycles. The van der Waals surface area contributed by atoms with E-state index in [4.69, 9.17) is 0 Å². The van der Waals surface area contributed by atoms with Crippen LogP contribution in [0.3, 0.4) is 0 Å². The van der Waals surface area contributed by atoms with Gasteiger partial charge in [-0.05, 0) is 84.8 Å². The van der Waals surface area contributed by atoms with Gasteiger partial charge in [0.1, 0.15) is 6.04 Å². The molecule has 7 heteroatoms. The van der Waals surface area contributed by atoms with Gasteiger partial charge in [0.05, 0.1) is 6.04 Å². The van der Waals surface area contributed by atoms with Gasteiger partial charge in [0, 0.05) is 11.1 Å². The number of aryl methyl sites for hydroxylation is 1. The van der Waals surface area contributed by atoms with Crippen LogP contribution in [0.4, 0.5) is 0 Å². The molecule has 3 heterocycles. The zero-order valence-electron chi connectivity index (χ0n) is 17.0. The highest BCUT2D eigenvalue weighted by molar-refractivity contribution is 5.80. The van der Waals surface area contributed by atoms with E-state index < -0.39 is 0 Å². The Balaban J connectivity index is 1.65. The average Bonchev–Trinajstić information content (AvgIpc) is 3.50. The minimum absolute atomic E-state index is 0.0420. The second-order valence-corrected chi connectivity index (χ2v) is 8.39. The van der Waals surface area contributed by atoms with Gasteiger partial charge in [-0.25, -0.2) is 4.68 Å². The number of hydrogen-bond donors (Lipinski definition) is 1. The second-order valence-electron chi connectivity index (χ2n) is 8.39. The molecule has 1 N–H and O–H groups in total. The molecule has 0 radical (unpaired) electrons. The number of likely N-dealkylation sites (tertiary alicyclic amines) is 1. The van der Waals surface area contributed by atoms with Crippen LogP contribution in [0, 0.1) is 0 Å². The van der Waals surface area contributed by atoms with Gasteiger partial charge in [-0.3, -0.25) is 9.69 Å². The normalized spacial score (nSPS) is 19.3. The molecule has 1 saturated carbocycles. The molecular formula is C22H28N6O. The molecule has 1 aromatic carbocycles. The first kappa shape index (κ1) is 18.5. The van der Waals surface area contributed by atoms with Crippen LogP contribution in [0.1, 0.15) is 74.5 Å². The predicted molar refractivity (Wildman–Crippen MR) is 112 cm³/mol. The topological polar surface area (TPSA) is 79.7 Å². The van der Waals surface area contributed by atoms with Crippen LogP contribution >= 0.6 is 0 Å². The zero-order valence-corrected chi connectivity index (χ0v) is 17.0. The van der Waals surface area contributed by atoms with Gasteiger partial charge in [0.2, 0.25) is 0 Å². The highest BCUT2D eigenvalue weighted by Crippen LogP contribution is 2.35.